The number of primary amides is 1. The molecule has 0 fully saturated rings. The molecule has 0 radical (unpaired) electrons. The van der Waals surface area contributed by atoms with Gasteiger partial charge in [0.25, 0.3) is 5.88 Å². The third kappa shape index (κ3) is 3.47. The molecule has 21 heavy (non-hydrogen) atoms. The van der Waals surface area contributed by atoms with Crippen LogP contribution in [0.3, 0.4) is 0 Å². The van der Waals surface area contributed by atoms with E-state index in [4.69, 9.17) is 10.5 Å². The number of hydrogen-bond acceptors (Lipinski definition) is 3. The molecule has 2 N–H and O–H groups in total. The van der Waals surface area contributed by atoms with Gasteiger partial charge in [0, 0.05) is 6.20 Å². The molecule has 1 aromatic heterocycles. The van der Waals surface area contributed by atoms with Crippen molar-refractivity contribution >= 4 is 5.91 Å². The molecular weight excluding hydrogens is 292 g/mol. The predicted molar refractivity (Wildman–Crippen MR) is 64.2 cm³/mol. The number of carbonyl (C=O) groups is 1. The molecule has 0 spiro atoms. The highest BCUT2D eigenvalue weighted by Crippen LogP contribution is 2.31. The van der Waals surface area contributed by atoms with E-state index in [2.05, 4.69) is 4.98 Å². The summed E-state index contributed by atoms with van der Waals surface area (Å²) in [5.74, 6) is -2.31. The lowest BCUT2D eigenvalue weighted by molar-refractivity contribution is -0.137. The molecule has 0 bridgehead atoms. The van der Waals surface area contributed by atoms with E-state index >= 15 is 0 Å². The fourth-order valence-corrected chi connectivity index (χ4v) is 1.46. The van der Waals surface area contributed by atoms with E-state index in [-0.39, 0.29) is 11.3 Å². The molecule has 110 valence electrons. The zero-order valence-electron chi connectivity index (χ0n) is 10.3. The SMILES string of the molecule is NC(=O)c1cnc(Oc2ccc(C(F)(F)F)cc2)c(F)c1. The van der Waals surface area contributed by atoms with Crippen molar-refractivity contribution in [2.24, 2.45) is 5.73 Å². The quantitative estimate of drug-likeness (QED) is 0.886. The zero-order valence-corrected chi connectivity index (χ0v) is 10.3. The minimum Gasteiger partial charge on any atom is -0.436 e. The highest BCUT2D eigenvalue weighted by Gasteiger charge is 2.30. The average Bonchev–Trinajstić information content (AvgIpc) is 2.40. The number of nitrogens with zero attached hydrogens (tertiary/aromatic N) is 1. The summed E-state index contributed by atoms with van der Waals surface area (Å²) in [4.78, 5) is 14.4. The van der Waals surface area contributed by atoms with Crippen LogP contribution in [0.4, 0.5) is 17.6 Å². The molecule has 0 saturated heterocycles. The highest BCUT2D eigenvalue weighted by molar-refractivity contribution is 5.92. The molecule has 0 aliphatic heterocycles. The second kappa shape index (κ2) is 5.39. The summed E-state index contributed by atoms with van der Waals surface area (Å²) < 4.78 is 55.7. The lowest BCUT2D eigenvalue weighted by Crippen LogP contribution is -2.11. The third-order valence-corrected chi connectivity index (χ3v) is 2.49. The Hall–Kier alpha value is -2.64. The summed E-state index contributed by atoms with van der Waals surface area (Å²) in [5.41, 5.74) is 3.95. The van der Waals surface area contributed by atoms with Crippen molar-refractivity contribution < 1.29 is 27.1 Å². The normalized spacial score (nSPS) is 11.2. The molecule has 2 aromatic rings. The average molecular weight is 300 g/mol. The fourth-order valence-electron chi connectivity index (χ4n) is 1.46. The second-order valence-corrected chi connectivity index (χ2v) is 4.00. The first-order valence-corrected chi connectivity index (χ1v) is 5.58. The van der Waals surface area contributed by atoms with Gasteiger partial charge in [0.15, 0.2) is 5.82 Å². The van der Waals surface area contributed by atoms with Crippen LogP contribution >= 0.6 is 0 Å². The third-order valence-electron chi connectivity index (χ3n) is 2.49. The molecule has 0 saturated carbocycles. The Balaban J connectivity index is 2.20. The smallest absolute Gasteiger partial charge is 0.416 e. The summed E-state index contributed by atoms with van der Waals surface area (Å²) in [6.07, 6.45) is -3.46. The van der Waals surface area contributed by atoms with Crippen LogP contribution in [0.5, 0.6) is 11.6 Å². The van der Waals surface area contributed by atoms with Crippen LogP contribution in [0.2, 0.25) is 0 Å². The molecule has 2 rings (SSSR count). The van der Waals surface area contributed by atoms with E-state index in [0.717, 1.165) is 36.5 Å². The van der Waals surface area contributed by atoms with Crippen molar-refractivity contribution in [3.05, 3.63) is 53.5 Å². The summed E-state index contributed by atoms with van der Waals surface area (Å²) in [7, 11) is 0. The predicted octanol–water partition coefficient (Wildman–Crippen LogP) is 3.13. The van der Waals surface area contributed by atoms with Crippen LogP contribution < -0.4 is 10.5 Å². The lowest BCUT2D eigenvalue weighted by atomic mass is 10.2. The maximum absolute atomic E-state index is 13.6. The molecule has 4 nitrogen and oxygen atoms in total. The van der Waals surface area contributed by atoms with Crippen LogP contribution in [0.1, 0.15) is 15.9 Å². The van der Waals surface area contributed by atoms with Crippen LogP contribution in [0.25, 0.3) is 0 Å². The van der Waals surface area contributed by atoms with E-state index in [1.807, 2.05) is 0 Å². The molecule has 8 heteroatoms. The minimum atomic E-state index is -4.47. The number of amides is 1. The Morgan fingerprint density at radius 1 is 1.19 bits per heavy atom. The number of pyridine rings is 1. The Morgan fingerprint density at radius 2 is 1.81 bits per heavy atom. The number of carbonyl (C=O) groups excluding carboxylic acids is 1. The number of hydrogen-bond donors (Lipinski definition) is 1. The number of nitrogens with two attached hydrogens (primary N) is 1. The summed E-state index contributed by atoms with van der Waals surface area (Å²) in [6.45, 7) is 0. The lowest BCUT2D eigenvalue weighted by Gasteiger charge is -2.09. The van der Waals surface area contributed by atoms with E-state index in [9.17, 15) is 22.4 Å². The largest absolute Gasteiger partial charge is 0.436 e. The minimum absolute atomic E-state index is 0.0266. The Bertz CT molecular complexity index is 669. The number of rotatable bonds is 3. The molecule has 0 aliphatic rings. The first-order chi connectivity index (χ1) is 9.77. The Morgan fingerprint density at radius 3 is 2.29 bits per heavy atom. The molecule has 0 aliphatic carbocycles. The first kappa shape index (κ1) is 14.8. The van der Waals surface area contributed by atoms with Gasteiger partial charge in [-0.3, -0.25) is 4.79 Å². The van der Waals surface area contributed by atoms with E-state index in [1.54, 1.807) is 0 Å². The Kier molecular flexibility index (Phi) is 3.79. The van der Waals surface area contributed by atoms with Gasteiger partial charge in [-0.1, -0.05) is 0 Å². The van der Waals surface area contributed by atoms with E-state index in [0.29, 0.717) is 0 Å². The van der Waals surface area contributed by atoms with Crippen molar-refractivity contribution in [2.45, 2.75) is 6.18 Å². The van der Waals surface area contributed by atoms with Gasteiger partial charge in [-0.2, -0.15) is 13.2 Å². The van der Waals surface area contributed by atoms with Gasteiger partial charge in [0.2, 0.25) is 5.91 Å². The zero-order chi connectivity index (χ0) is 15.6. The number of aromatic nitrogens is 1. The Labute approximate surface area is 116 Å². The number of ether oxygens (including phenoxy) is 1. The number of alkyl halides is 3. The first-order valence-electron chi connectivity index (χ1n) is 5.58. The monoisotopic (exact) mass is 300 g/mol. The molecular formula is C13H8F4N2O2. The highest BCUT2D eigenvalue weighted by atomic mass is 19.4. The van der Waals surface area contributed by atoms with Gasteiger partial charge < -0.3 is 10.5 Å². The standard InChI is InChI=1S/C13H8F4N2O2/c14-10-5-7(11(18)20)6-19-12(10)21-9-3-1-8(2-4-9)13(15,16)17/h1-6H,(H2,18,20). The van der Waals surface area contributed by atoms with Gasteiger partial charge in [-0.15, -0.1) is 0 Å². The van der Waals surface area contributed by atoms with E-state index < -0.39 is 29.3 Å². The van der Waals surface area contributed by atoms with Crippen molar-refractivity contribution in [1.82, 2.24) is 4.98 Å². The number of benzene rings is 1. The molecule has 0 unspecified atom stereocenters. The maximum atomic E-state index is 13.6. The summed E-state index contributed by atoms with van der Waals surface area (Å²) in [5, 5.41) is 0. The molecule has 1 heterocycles. The van der Waals surface area contributed by atoms with Crippen LogP contribution in [0.15, 0.2) is 36.5 Å². The summed E-state index contributed by atoms with van der Waals surface area (Å²) >= 11 is 0. The van der Waals surface area contributed by atoms with Crippen molar-refractivity contribution in [1.29, 1.82) is 0 Å². The van der Waals surface area contributed by atoms with Crippen molar-refractivity contribution in [2.75, 3.05) is 0 Å². The molecule has 0 atom stereocenters. The van der Waals surface area contributed by atoms with Gasteiger partial charge >= 0.3 is 6.18 Å². The van der Waals surface area contributed by atoms with Gasteiger partial charge in [-0.05, 0) is 30.3 Å². The fraction of sp³-hybridized carbons (Fsp3) is 0.0769. The van der Waals surface area contributed by atoms with Gasteiger partial charge in [0.05, 0.1) is 11.1 Å². The maximum Gasteiger partial charge on any atom is 0.416 e. The van der Waals surface area contributed by atoms with Crippen LogP contribution in [-0.4, -0.2) is 10.9 Å². The van der Waals surface area contributed by atoms with Gasteiger partial charge in [0.1, 0.15) is 5.75 Å². The number of halogens is 4. The van der Waals surface area contributed by atoms with Crippen LogP contribution in [-0.2, 0) is 6.18 Å². The van der Waals surface area contributed by atoms with E-state index in [1.165, 1.54) is 0 Å². The molecule has 1 aromatic carbocycles. The molecule has 1 amide bonds. The second-order valence-electron chi connectivity index (χ2n) is 4.00. The summed E-state index contributed by atoms with van der Waals surface area (Å²) in [6, 6.07) is 4.49. The van der Waals surface area contributed by atoms with Crippen molar-refractivity contribution in [3.63, 3.8) is 0 Å². The van der Waals surface area contributed by atoms with Crippen LogP contribution in [0, 0.1) is 5.82 Å². The van der Waals surface area contributed by atoms with Crippen molar-refractivity contribution in [3.8, 4) is 11.6 Å². The topological polar surface area (TPSA) is 65.2 Å². The van der Waals surface area contributed by atoms with Gasteiger partial charge in [-0.25, -0.2) is 9.37 Å².